The molecule has 1 fully saturated rings. The zero-order valence-corrected chi connectivity index (χ0v) is 17.4. The first-order valence-electron chi connectivity index (χ1n) is 9.07. The minimum absolute atomic E-state index is 0.0751. The molecule has 1 aromatic carbocycles. The standard InChI is InChI=1S/C20H26N2O4S2/c1-11(15(21)19-17(24)16(23)18(25)20(26-19)27-2)28-14-7-5-12(6-8-14)13-4-3-9-22-10-13/h3-11,15-20,23-25H,21H2,1-2H3/t11-,15+,16-,17+,18+,19+,20+/m0/s1. The maximum Gasteiger partial charge on any atom is 0.132 e. The van der Waals surface area contributed by atoms with Gasteiger partial charge in [-0.3, -0.25) is 4.98 Å². The minimum atomic E-state index is -1.28. The van der Waals surface area contributed by atoms with Crippen LogP contribution in [0.15, 0.2) is 53.7 Å². The Morgan fingerprint density at radius 2 is 1.75 bits per heavy atom. The van der Waals surface area contributed by atoms with Crippen LogP contribution in [0, 0.1) is 0 Å². The lowest BCUT2D eigenvalue weighted by Crippen LogP contribution is -2.62. The summed E-state index contributed by atoms with van der Waals surface area (Å²) in [5, 5.41) is 30.4. The quantitative estimate of drug-likeness (QED) is 0.521. The third kappa shape index (κ3) is 4.71. The summed E-state index contributed by atoms with van der Waals surface area (Å²) in [6.45, 7) is 1.96. The lowest BCUT2D eigenvalue weighted by atomic mass is 9.94. The number of nitrogens with zero attached hydrogens (tertiary/aromatic N) is 1. The molecular weight excluding hydrogens is 396 g/mol. The Labute approximate surface area is 173 Å². The molecule has 7 atom stereocenters. The molecule has 0 unspecified atom stereocenters. The van der Waals surface area contributed by atoms with Crippen LogP contribution in [0.4, 0.5) is 0 Å². The molecule has 0 aliphatic carbocycles. The van der Waals surface area contributed by atoms with Crippen molar-refractivity contribution < 1.29 is 20.1 Å². The lowest BCUT2D eigenvalue weighted by molar-refractivity contribution is -0.202. The van der Waals surface area contributed by atoms with E-state index in [0.717, 1.165) is 16.0 Å². The van der Waals surface area contributed by atoms with Gasteiger partial charge in [-0.15, -0.1) is 23.5 Å². The van der Waals surface area contributed by atoms with Gasteiger partial charge in [0.15, 0.2) is 0 Å². The molecule has 1 aliphatic rings. The van der Waals surface area contributed by atoms with Gasteiger partial charge in [-0.1, -0.05) is 25.1 Å². The molecule has 2 aromatic rings. The third-order valence-electron chi connectivity index (χ3n) is 4.93. The van der Waals surface area contributed by atoms with Crippen molar-refractivity contribution >= 4 is 23.5 Å². The average Bonchev–Trinajstić information content (AvgIpc) is 2.73. The van der Waals surface area contributed by atoms with Gasteiger partial charge in [0, 0.05) is 28.6 Å². The van der Waals surface area contributed by atoms with Crippen molar-refractivity contribution in [2.75, 3.05) is 6.26 Å². The van der Waals surface area contributed by atoms with E-state index in [4.69, 9.17) is 10.5 Å². The Bertz CT molecular complexity index is 748. The second-order valence-corrected chi connectivity index (χ2v) is 9.23. The van der Waals surface area contributed by atoms with E-state index in [1.165, 1.54) is 11.8 Å². The maximum absolute atomic E-state index is 10.3. The van der Waals surface area contributed by atoms with Gasteiger partial charge in [0.1, 0.15) is 29.9 Å². The molecule has 5 N–H and O–H groups in total. The van der Waals surface area contributed by atoms with Crippen LogP contribution >= 0.6 is 23.5 Å². The zero-order valence-electron chi connectivity index (χ0n) is 15.8. The Morgan fingerprint density at radius 1 is 1.04 bits per heavy atom. The number of benzene rings is 1. The number of hydrogen-bond acceptors (Lipinski definition) is 8. The van der Waals surface area contributed by atoms with E-state index in [2.05, 4.69) is 4.98 Å². The molecular formula is C20H26N2O4S2. The molecule has 1 aromatic heterocycles. The second-order valence-electron chi connectivity index (χ2n) is 6.84. The largest absolute Gasteiger partial charge is 0.388 e. The van der Waals surface area contributed by atoms with Crippen molar-refractivity contribution in [2.24, 2.45) is 5.73 Å². The first-order chi connectivity index (χ1) is 13.4. The molecule has 0 saturated carbocycles. The summed E-state index contributed by atoms with van der Waals surface area (Å²) in [6.07, 6.45) is 0.940. The van der Waals surface area contributed by atoms with E-state index in [9.17, 15) is 15.3 Å². The summed E-state index contributed by atoms with van der Waals surface area (Å²) < 4.78 is 5.79. The third-order valence-corrected chi connectivity index (χ3v) is 7.02. The van der Waals surface area contributed by atoms with Crippen molar-refractivity contribution in [3.8, 4) is 11.1 Å². The van der Waals surface area contributed by atoms with Crippen molar-refractivity contribution in [1.29, 1.82) is 0 Å². The smallest absolute Gasteiger partial charge is 0.132 e. The molecule has 8 heteroatoms. The SMILES string of the molecule is CS[C@H]1O[C@H]([C@H](N)[C@H](C)Sc2ccc(-c3cccnc3)cc2)[C@H](O)[C@H](O)[C@H]1O. The van der Waals surface area contributed by atoms with Crippen LogP contribution in [-0.2, 0) is 4.74 Å². The van der Waals surface area contributed by atoms with Gasteiger partial charge >= 0.3 is 0 Å². The summed E-state index contributed by atoms with van der Waals surface area (Å²) in [5.41, 5.74) is 7.88. The Kier molecular flexibility index (Phi) is 7.38. The fourth-order valence-electron chi connectivity index (χ4n) is 3.21. The van der Waals surface area contributed by atoms with Crippen molar-refractivity contribution in [1.82, 2.24) is 4.98 Å². The highest BCUT2D eigenvalue weighted by Crippen LogP contribution is 2.33. The summed E-state index contributed by atoms with van der Waals surface area (Å²) in [7, 11) is 0. The van der Waals surface area contributed by atoms with E-state index in [1.54, 1.807) is 24.2 Å². The molecule has 152 valence electrons. The van der Waals surface area contributed by atoms with Crippen LogP contribution in [0.5, 0.6) is 0 Å². The van der Waals surface area contributed by atoms with Crippen LogP contribution in [0.3, 0.4) is 0 Å². The molecule has 0 spiro atoms. The minimum Gasteiger partial charge on any atom is -0.388 e. The summed E-state index contributed by atoms with van der Waals surface area (Å²) in [5.74, 6) is 0. The summed E-state index contributed by atoms with van der Waals surface area (Å²) in [4.78, 5) is 5.18. The average molecular weight is 423 g/mol. The molecule has 1 saturated heterocycles. The van der Waals surface area contributed by atoms with Crippen LogP contribution in [0.2, 0.25) is 0 Å². The number of aliphatic hydroxyl groups is 3. The molecule has 6 nitrogen and oxygen atoms in total. The van der Waals surface area contributed by atoms with Crippen LogP contribution in [0.1, 0.15) is 6.92 Å². The number of aromatic nitrogens is 1. The summed E-state index contributed by atoms with van der Waals surface area (Å²) in [6, 6.07) is 11.5. The van der Waals surface area contributed by atoms with Gasteiger partial charge in [0.2, 0.25) is 0 Å². The number of nitrogens with two attached hydrogens (primary N) is 1. The molecule has 2 heterocycles. The predicted molar refractivity (Wildman–Crippen MR) is 113 cm³/mol. The highest BCUT2D eigenvalue weighted by molar-refractivity contribution is 8.00. The van der Waals surface area contributed by atoms with E-state index in [1.807, 2.05) is 49.5 Å². The van der Waals surface area contributed by atoms with E-state index in [-0.39, 0.29) is 5.25 Å². The number of rotatable bonds is 6. The number of pyridine rings is 1. The van der Waals surface area contributed by atoms with Crippen LogP contribution < -0.4 is 5.73 Å². The lowest BCUT2D eigenvalue weighted by Gasteiger charge is -2.43. The van der Waals surface area contributed by atoms with E-state index >= 15 is 0 Å². The zero-order chi connectivity index (χ0) is 20.3. The molecule has 28 heavy (non-hydrogen) atoms. The van der Waals surface area contributed by atoms with Crippen LogP contribution in [-0.4, -0.2) is 67.7 Å². The monoisotopic (exact) mass is 422 g/mol. The van der Waals surface area contributed by atoms with Gasteiger partial charge in [-0.05, 0) is 35.6 Å². The molecule has 1 aliphatic heterocycles. The van der Waals surface area contributed by atoms with Crippen molar-refractivity contribution in [3.05, 3.63) is 48.8 Å². The Balaban J connectivity index is 1.66. The predicted octanol–water partition coefficient (Wildman–Crippen LogP) is 1.73. The highest BCUT2D eigenvalue weighted by atomic mass is 32.2. The van der Waals surface area contributed by atoms with Crippen molar-refractivity contribution in [2.45, 2.75) is 53.0 Å². The van der Waals surface area contributed by atoms with Gasteiger partial charge in [0.05, 0.1) is 0 Å². The number of hydrogen-bond donors (Lipinski definition) is 4. The molecule has 0 bridgehead atoms. The maximum atomic E-state index is 10.3. The topological polar surface area (TPSA) is 109 Å². The van der Waals surface area contributed by atoms with E-state index < -0.39 is 35.9 Å². The number of thioether (sulfide) groups is 2. The number of ether oxygens (including phenoxy) is 1. The van der Waals surface area contributed by atoms with E-state index in [0.29, 0.717) is 0 Å². The molecule has 0 amide bonds. The fourth-order valence-corrected chi connectivity index (χ4v) is 4.92. The highest BCUT2D eigenvalue weighted by Gasteiger charge is 2.46. The number of aliphatic hydroxyl groups excluding tert-OH is 3. The fraction of sp³-hybridized carbons (Fsp3) is 0.450. The van der Waals surface area contributed by atoms with Gasteiger partial charge in [0.25, 0.3) is 0 Å². The van der Waals surface area contributed by atoms with Gasteiger partial charge in [-0.25, -0.2) is 0 Å². The molecule has 3 rings (SSSR count). The molecule has 0 radical (unpaired) electrons. The van der Waals surface area contributed by atoms with Crippen molar-refractivity contribution in [3.63, 3.8) is 0 Å². The van der Waals surface area contributed by atoms with Crippen LogP contribution in [0.25, 0.3) is 11.1 Å². The normalized spacial score (nSPS) is 30.0. The Hall–Kier alpha value is -1.13. The van der Waals surface area contributed by atoms with Gasteiger partial charge < -0.3 is 25.8 Å². The van der Waals surface area contributed by atoms with Gasteiger partial charge in [-0.2, -0.15) is 0 Å². The Morgan fingerprint density at radius 3 is 2.36 bits per heavy atom. The second kappa shape index (κ2) is 9.58. The first kappa shape index (κ1) is 21.6. The first-order valence-corrected chi connectivity index (χ1v) is 11.2. The summed E-state index contributed by atoms with van der Waals surface area (Å²) >= 11 is 2.86.